The third kappa shape index (κ3) is 3.96. The Morgan fingerprint density at radius 1 is 1.26 bits per heavy atom. The number of halogens is 2. The van der Waals surface area contributed by atoms with Crippen molar-refractivity contribution in [3.05, 3.63) is 39.9 Å². The third-order valence-electron chi connectivity index (χ3n) is 3.14. The van der Waals surface area contributed by atoms with Crippen molar-refractivity contribution >= 4 is 35.2 Å². The van der Waals surface area contributed by atoms with E-state index in [2.05, 4.69) is 0 Å². The molecular formula is C14H15Cl2NO2. The molecule has 0 atom stereocenters. The Balaban J connectivity index is 1.98. The molecule has 1 aliphatic heterocycles. The summed E-state index contributed by atoms with van der Waals surface area (Å²) in [7, 11) is 0. The Morgan fingerprint density at radius 3 is 2.58 bits per heavy atom. The maximum atomic E-state index is 11.9. The average Bonchev–Trinajstić information content (AvgIpc) is 2.40. The van der Waals surface area contributed by atoms with E-state index in [1.165, 1.54) is 6.08 Å². The van der Waals surface area contributed by atoms with Gasteiger partial charge in [-0.1, -0.05) is 29.3 Å². The van der Waals surface area contributed by atoms with Crippen LogP contribution in [0.4, 0.5) is 0 Å². The molecule has 0 spiro atoms. The van der Waals surface area contributed by atoms with E-state index in [4.69, 9.17) is 23.2 Å². The summed E-state index contributed by atoms with van der Waals surface area (Å²) in [5.41, 5.74) is 0.833. The zero-order chi connectivity index (χ0) is 13.8. The number of aliphatic hydroxyl groups is 1. The van der Waals surface area contributed by atoms with Crippen LogP contribution in [0, 0.1) is 0 Å². The number of amides is 1. The van der Waals surface area contributed by atoms with Crippen molar-refractivity contribution < 1.29 is 9.90 Å². The molecule has 5 heteroatoms. The van der Waals surface area contributed by atoms with Crippen LogP contribution in [0.1, 0.15) is 18.4 Å². The van der Waals surface area contributed by atoms with Gasteiger partial charge >= 0.3 is 0 Å². The SMILES string of the molecule is O=C(C=Cc1ccc(Cl)c(Cl)c1)N1CCC(O)CC1. The maximum Gasteiger partial charge on any atom is 0.246 e. The molecule has 1 heterocycles. The van der Waals surface area contributed by atoms with Gasteiger partial charge in [-0.3, -0.25) is 4.79 Å². The van der Waals surface area contributed by atoms with Crippen molar-refractivity contribution in [3.8, 4) is 0 Å². The summed E-state index contributed by atoms with van der Waals surface area (Å²) >= 11 is 11.7. The van der Waals surface area contributed by atoms with Crippen molar-refractivity contribution in [3.63, 3.8) is 0 Å². The lowest BCUT2D eigenvalue weighted by molar-refractivity contribution is -0.127. The minimum Gasteiger partial charge on any atom is -0.393 e. The third-order valence-corrected chi connectivity index (χ3v) is 3.88. The minimum atomic E-state index is -0.275. The molecule has 1 N–H and O–H groups in total. The summed E-state index contributed by atoms with van der Waals surface area (Å²) in [5, 5.41) is 10.4. The summed E-state index contributed by atoms with van der Waals surface area (Å²) in [6.45, 7) is 1.21. The lowest BCUT2D eigenvalue weighted by atomic mass is 10.1. The highest BCUT2D eigenvalue weighted by Crippen LogP contribution is 2.23. The van der Waals surface area contributed by atoms with Gasteiger partial charge in [0.1, 0.15) is 0 Å². The fraction of sp³-hybridized carbons (Fsp3) is 0.357. The second kappa shape index (κ2) is 6.42. The fourth-order valence-electron chi connectivity index (χ4n) is 1.98. The number of carbonyl (C=O) groups is 1. The smallest absolute Gasteiger partial charge is 0.246 e. The quantitative estimate of drug-likeness (QED) is 0.853. The van der Waals surface area contributed by atoms with Crippen LogP contribution in [0.3, 0.4) is 0 Å². The Hall–Kier alpha value is -1.03. The van der Waals surface area contributed by atoms with Gasteiger partial charge in [0.2, 0.25) is 5.91 Å². The standard InChI is InChI=1S/C14H15Cl2NO2/c15-12-3-1-10(9-13(12)16)2-4-14(19)17-7-5-11(18)6-8-17/h1-4,9,11,18H,5-8H2. The summed E-state index contributed by atoms with van der Waals surface area (Å²) < 4.78 is 0. The number of hydrogen-bond acceptors (Lipinski definition) is 2. The van der Waals surface area contributed by atoms with E-state index >= 15 is 0 Å². The molecule has 0 radical (unpaired) electrons. The molecule has 0 saturated carbocycles. The second-order valence-electron chi connectivity index (χ2n) is 4.56. The predicted octanol–water partition coefficient (Wildman–Crippen LogP) is 2.99. The van der Waals surface area contributed by atoms with Crippen LogP contribution < -0.4 is 0 Å². The van der Waals surface area contributed by atoms with E-state index in [1.807, 2.05) is 0 Å². The number of nitrogens with zero attached hydrogens (tertiary/aromatic N) is 1. The molecule has 1 aromatic carbocycles. The van der Waals surface area contributed by atoms with Crippen LogP contribution in [-0.4, -0.2) is 35.1 Å². The molecule has 1 saturated heterocycles. The molecule has 0 bridgehead atoms. The normalized spacial score (nSPS) is 17.1. The molecule has 1 amide bonds. The minimum absolute atomic E-state index is 0.0435. The summed E-state index contributed by atoms with van der Waals surface area (Å²) in [6.07, 6.45) is 4.26. The number of carbonyl (C=O) groups excluding carboxylic acids is 1. The van der Waals surface area contributed by atoms with Crippen LogP contribution in [0.15, 0.2) is 24.3 Å². The average molecular weight is 300 g/mol. The van der Waals surface area contributed by atoms with Crippen molar-refractivity contribution in [2.75, 3.05) is 13.1 Å². The van der Waals surface area contributed by atoms with Gasteiger partial charge < -0.3 is 10.0 Å². The van der Waals surface area contributed by atoms with Gasteiger partial charge in [-0.25, -0.2) is 0 Å². The molecule has 19 heavy (non-hydrogen) atoms. The number of rotatable bonds is 2. The zero-order valence-corrected chi connectivity index (χ0v) is 11.9. The molecule has 0 aliphatic carbocycles. The van der Waals surface area contributed by atoms with Gasteiger partial charge in [0.05, 0.1) is 16.1 Å². The van der Waals surface area contributed by atoms with Crippen molar-refractivity contribution in [2.24, 2.45) is 0 Å². The first-order chi connectivity index (χ1) is 9.06. The first kappa shape index (κ1) is 14.4. The summed E-state index contributed by atoms with van der Waals surface area (Å²) in [6, 6.07) is 5.22. The van der Waals surface area contributed by atoms with Gasteiger partial charge in [0.15, 0.2) is 0 Å². The second-order valence-corrected chi connectivity index (χ2v) is 5.38. The van der Waals surface area contributed by atoms with Crippen LogP contribution in [0.5, 0.6) is 0 Å². The van der Waals surface area contributed by atoms with Crippen LogP contribution in [0.2, 0.25) is 10.0 Å². The lowest BCUT2D eigenvalue weighted by Crippen LogP contribution is -2.39. The first-order valence-corrected chi connectivity index (χ1v) is 6.92. The molecule has 1 aromatic rings. The van der Waals surface area contributed by atoms with Gasteiger partial charge in [-0.15, -0.1) is 0 Å². The van der Waals surface area contributed by atoms with E-state index in [0.717, 1.165) is 5.56 Å². The van der Waals surface area contributed by atoms with E-state index in [9.17, 15) is 9.90 Å². The highest BCUT2D eigenvalue weighted by molar-refractivity contribution is 6.42. The van der Waals surface area contributed by atoms with E-state index in [-0.39, 0.29) is 12.0 Å². The Bertz CT molecular complexity index is 494. The van der Waals surface area contributed by atoms with Crippen molar-refractivity contribution in [2.45, 2.75) is 18.9 Å². The zero-order valence-electron chi connectivity index (χ0n) is 10.4. The largest absolute Gasteiger partial charge is 0.393 e. The molecule has 3 nitrogen and oxygen atoms in total. The van der Waals surface area contributed by atoms with Crippen LogP contribution >= 0.6 is 23.2 Å². The molecule has 1 aliphatic rings. The predicted molar refractivity (Wildman–Crippen MR) is 77.3 cm³/mol. The summed E-state index contributed by atoms with van der Waals surface area (Å²) in [4.78, 5) is 13.7. The highest BCUT2D eigenvalue weighted by atomic mass is 35.5. The van der Waals surface area contributed by atoms with Crippen LogP contribution in [0.25, 0.3) is 6.08 Å². The number of aliphatic hydroxyl groups excluding tert-OH is 1. The highest BCUT2D eigenvalue weighted by Gasteiger charge is 2.19. The Labute approximate surface area is 122 Å². The van der Waals surface area contributed by atoms with E-state index < -0.39 is 0 Å². The van der Waals surface area contributed by atoms with Gasteiger partial charge in [0, 0.05) is 19.2 Å². The molecule has 102 valence electrons. The summed E-state index contributed by atoms with van der Waals surface area (Å²) in [5.74, 6) is -0.0435. The van der Waals surface area contributed by atoms with Crippen LogP contribution in [-0.2, 0) is 4.79 Å². The monoisotopic (exact) mass is 299 g/mol. The first-order valence-electron chi connectivity index (χ1n) is 6.16. The molecule has 0 unspecified atom stereocenters. The topological polar surface area (TPSA) is 40.5 Å². The Morgan fingerprint density at radius 2 is 1.95 bits per heavy atom. The molecule has 0 aromatic heterocycles. The van der Waals surface area contributed by atoms with Crippen molar-refractivity contribution in [1.29, 1.82) is 0 Å². The maximum absolute atomic E-state index is 11.9. The van der Waals surface area contributed by atoms with Gasteiger partial charge in [-0.2, -0.15) is 0 Å². The number of likely N-dealkylation sites (tertiary alicyclic amines) is 1. The molecule has 1 fully saturated rings. The number of benzene rings is 1. The number of piperidine rings is 1. The van der Waals surface area contributed by atoms with Gasteiger partial charge in [0.25, 0.3) is 0 Å². The van der Waals surface area contributed by atoms with Gasteiger partial charge in [-0.05, 0) is 36.6 Å². The lowest BCUT2D eigenvalue weighted by Gasteiger charge is -2.28. The molecule has 2 rings (SSSR count). The molecular weight excluding hydrogens is 285 g/mol. The number of hydrogen-bond donors (Lipinski definition) is 1. The van der Waals surface area contributed by atoms with Crippen molar-refractivity contribution in [1.82, 2.24) is 4.90 Å². The van der Waals surface area contributed by atoms with E-state index in [1.54, 1.807) is 29.2 Å². The fourth-order valence-corrected chi connectivity index (χ4v) is 2.28. The van der Waals surface area contributed by atoms with E-state index in [0.29, 0.717) is 36.0 Å². The Kier molecular flexibility index (Phi) is 4.86.